The van der Waals surface area contributed by atoms with Crippen molar-refractivity contribution in [1.29, 1.82) is 0 Å². The number of fused-ring (bicyclic) bond motifs is 1. The Kier molecular flexibility index (Phi) is 2.61. The minimum atomic E-state index is -0.0418. The smallest absolute Gasteiger partial charge is 0.227 e. The van der Waals surface area contributed by atoms with Gasteiger partial charge in [0.1, 0.15) is 5.52 Å². The Morgan fingerprint density at radius 1 is 1.11 bits per heavy atom. The molecule has 1 heterocycles. The van der Waals surface area contributed by atoms with Crippen LogP contribution in [0.1, 0.15) is 11.1 Å². The molecule has 90 valence electrons. The van der Waals surface area contributed by atoms with Crippen LogP contribution in [-0.4, -0.2) is 10.1 Å². The van der Waals surface area contributed by atoms with E-state index in [1.54, 1.807) is 0 Å². The first-order chi connectivity index (χ1) is 8.78. The van der Waals surface area contributed by atoms with Gasteiger partial charge < -0.3 is 9.52 Å². The van der Waals surface area contributed by atoms with E-state index in [4.69, 9.17) is 4.42 Å². The summed E-state index contributed by atoms with van der Waals surface area (Å²) in [5.74, 6) is 0.589. The molecule has 2 aromatic carbocycles. The number of nitrogens with zero attached hydrogens (tertiary/aromatic N) is 1. The van der Waals surface area contributed by atoms with Crippen LogP contribution < -0.4 is 0 Å². The molecule has 0 aliphatic rings. The first kappa shape index (κ1) is 11.0. The first-order valence-corrected chi connectivity index (χ1v) is 5.84. The van der Waals surface area contributed by atoms with E-state index in [0.29, 0.717) is 11.5 Å². The second-order valence-electron chi connectivity index (χ2n) is 4.31. The summed E-state index contributed by atoms with van der Waals surface area (Å²) >= 11 is 0. The van der Waals surface area contributed by atoms with Gasteiger partial charge in [-0.05, 0) is 25.1 Å². The van der Waals surface area contributed by atoms with E-state index in [9.17, 15) is 5.11 Å². The Bertz CT molecular complexity index is 683. The van der Waals surface area contributed by atoms with Crippen molar-refractivity contribution in [3.8, 4) is 11.5 Å². The summed E-state index contributed by atoms with van der Waals surface area (Å²) in [6.45, 7) is 2.00. The molecule has 0 saturated carbocycles. The Morgan fingerprint density at radius 3 is 2.61 bits per heavy atom. The van der Waals surface area contributed by atoms with Crippen LogP contribution in [0.5, 0.6) is 0 Å². The third-order valence-corrected chi connectivity index (χ3v) is 2.97. The van der Waals surface area contributed by atoms with Gasteiger partial charge in [0.15, 0.2) is 5.58 Å². The summed E-state index contributed by atoms with van der Waals surface area (Å²) in [4.78, 5) is 4.44. The summed E-state index contributed by atoms with van der Waals surface area (Å²) in [5, 5.41) is 9.26. The summed E-state index contributed by atoms with van der Waals surface area (Å²) < 4.78 is 5.74. The van der Waals surface area contributed by atoms with E-state index in [-0.39, 0.29) is 6.61 Å². The van der Waals surface area contributed by atoms with Crippen LogP contribution in [0, 0.1) is 6.92 Å². The molecule has 0 bridgehead atoms. The molecule has 0 fully saturated rings. The third-order valence-electron chi connectivity index (χ3n) is 2.97. The van der Waals surface area contributed by atoms with Crippen molar-refractivity contribution in [2.45, 2.75) is 13.5 Å². The van der Waals surface area contributed by atoms with Crippen LogP contribution in [0.3, 0.4) is 0 Å². The molecule has 1 N–H and O–H groups in total. The molecule has 0 aliphatic heterocycles. The molecule has 0 atom stereocenters. The monoisotopic (exact) mass is 239 g/mol. The molecule has 0 unspecified atom stereocenters. The van der Waals surface area contributed by atoms with Crippen LogP contribution in [0.15, 0.2) is 46.9 Å². The summed E-state index contributed by atoms with van der Waals surface area (Å²) in [5.41, 5.74) is 4.35. The van der Waals surface area contributed by atoms with Crippen molar-refractivity contribution >= 4 is 11.1 Å². The highest BCUT2D eigenvalue weighted by molar-refractivity contribution is 5.79. The molecule has 0 spiro atoms. The average molecular weight is 239 g/mol. The fraction of sp³-hybridized carbons (Fsp3) is 0.133. The lowest BCUT2D eigenvalue weighted by Gasteiger charge is -1.96. The van der Waals surface area contributed by atoms with Gasteiger partial charge in [0.2, 0.25) is 5.89 Å². The van der Waals surface area contributed by atoms with Gasteiger partial charge in [-0.3, -0.25) is 0 Å². The largest absolute Gasteiger partial charge is 0.436 e. The van der Waals surface area contributed by atoms with Crippen LogP contribution in [0.25, 0.3) is 22.6 Å². The lowest BCUT2D eigenvalue weighted by atomic mass is 10.1. The predicted octanol–water partition coefficient (Wildman–Crippen LogP) is 3.30. The molecule has 3 nitrogen and oxygen atoms in total. The van der Waals surface area contributed by atoms with Crippen LogP contribution in [-0.2, 0) is 6.61 Å². The van der Waals surface area contributed by atoms with Gasteiger partial charge in [-0.15, -0.1) is 0 Å². The number of hydrogen-bond donors (Lipinski definition) is 1. The van der Waals surface area contributed by atoms with E-state index in [1.807, 2.05) is 49.4 Å². The molecule has 0 amide bonds. The molecular weight excluding hydrogens is 226 g/mol. The van der Waals surface area contributed by atoms with Crippen molar-refractivity contribution in [2.75, 3.05) is 0 Å². The maximum Gasteiger partial charge on any atom is 0.227 e. The summed E-state index contributed by atoms with van der Waals surface area (Å²) in [7, 11) is 0. The fourth-order valence-corrected chi connectivity index (χ4v) is 1.95. The van der Waals surface area contributed by atoms with Crippen LogP contribution in [0.2, 0.25) is 0 Å². The quantitative estimate of drug-likeness (QED) is 0.746. The third kappa shape index (κ3) is 1.79. The number of oxazole rings is 1. The highest BCUT2D eigenvalue weighted by Gasteiger charge is 2.10. The maximum absolute atomic E-state index is 9.26. The zero-order valence-electron chi connectivity index (χ0n) is 10.1. The number of aromatic nitrogens is 1. The molecule has 1 aromatic heterocycles. The topological polar surface area (TPSA) is 46.3 Å². The molecular formula is C15H13NO2. The molecule has 3 aromatic rings. The Balaban J connectivity index is 2.16. The number of benzene rings is 2. The van der Waals surface area contributed by atoms with Gasteiger partial charge in [0, 0.05) is 11.1 Å². The Morgan fingerprint density at radius 2 is 1.89 bits per heavy atom. The predicted molar refractivity (Wildman–Crippen MR) is 70.1 cm³/mol. The van der Waals surface area contributed by atoms with E-state index in [2.05, 4.69) is 4.98 Å². The number of aliphatic hydroxyl groups excluding tert-OH is 1. The van der Waals surface area contributed by atoms with Crippen molar-refractivity contribution < 1.29 is 9.52 Å². The van der Waals surface area contributed by atoms with Crippen molar-refractivity contribution in [2.24, 2.45) is 0 Å². The van der Waals surface area contributed by atoms with Gasteiger partial charge in [-0.1, -0.05) is 29.8 Å². The average Bonchev–Trinajstić information content (AvgIpc) is 2.83. The standard InChI is InChI=1S/C15H13NO2/c1-10-5-7-11(8-6-10)15-16-13-4-2-3-12(9-17)14(13)18-15/h2-8,17H,9H2,1H3. The van der Waals surface area contributed by atoms with Gasteiger partial charge in [-0.25, -0.2) is 4.98 Å². The first-order valence-electron chi connectivity index (χ1n) is 5.84. The minimum absolute atomic E-state index is 0.0418. The number of aryl methyl sites for hydroxylation is 1. The van der Waals surface area contributed by atoms with Crippen molar-refractivity contribution in [1.82, 2.24) is 4.98 Å². The number of rotatable bonds is 2. The Hall–Kier alpha value is -2.13. The Labute approximate surface area is 105 Å². The van der Waals surface area contributed by atoms with E-state index in [1.165, 1.54) is 5.56 Å². The number of aliphatic hydroxyl groups is 1. The van der Waals surface area contributed by atoms with Gasteiger partial charge in [0.05, 0.1) is 6.61 Å². The van der Waals surface area contributed by atoms with Gasteiger partial charge >= 0.3 is 0 Å². The van der Waals surface area contributed by atoms with Crippen LogP contribution in [0.4, 0.5) is 0 Å². The number of para-hydroxylation sites is 1. The van der Waals surface area contributed by atoms with E-state index >= 15 is 0 Å². The highest BCUT2D eigenvalue weighted by atomic mass is 16.3. The molecule has 0 saturated heterocycles. The molecule has 0 aliphatic carbocycles. The fourth-order valence-electron chi connectivity index (χ4n) is 1.95. The second-order valence-corrected chi connectivity index (χ2v) is 4.31. The molecule has 18 heavy (non-hydrogen) atoms. The maximum atomic E-state index is 9.26. The van der Waals surface area contributed by atoms with E-state index in [0.717, 1.165) is 16.6 Å². The summed E-state index contributed by atoms with van der Waals surface area (Å²) in [6, 6.07) is 13.6. The zero-order valence-corrected chi connectivity index (χ0v) is 10.1. The lowest BCUT2D eigenvalue weighted by molar-refractivity contribution is 0.282. The molecule has 3 heteroatoms. The van der Waals surface area contributed by atoms with Crippen molar-refractivity contribution in [3.05, 3.63) is 53.6 Å². The van der Waals surface area contributed by atoms with Gasteiger partial charge in [-0.2, -0.15) is 0 Å². The normalized spacial score (nSPS) is 11.0. The van der Waals surface area contributed by atoms with Crippen LogP contribution >= 0.6 is 0 Å². The number of hydrogen-bond acceptors (Lipinski definition) is 3. The highest BCUT2D eigenvalue weighted by Crippen LogP contribution is 2.26. The minimum Gasteiger partial charge on any atom is -0.436 e. The lowest BCUT2D eigenvalue weighted by Crippen LogP contribution is -1.81. The second kappa shape index (κ2) is 4.27. The van der Waals surface area contributed by atoms with Crippen molar-refractivity contribution in [3.63, 3.8) is 0 Å². The SMILES string of the molecule is Cc1ccc(-c2nc3cccc(CO)c3o2)cc1. The summed E-state index contributed by atoms with van der Waals surface area (Å²) in [6.07, 6.45) is 0. The van der Waals surface area contributed by atoms with Gasteiger partial charge in [0.25, 0.3) is 0 Å². The zero-order chi connectivity index (χ0) is 12.5. The molecule has 0 radical (unpaired) electrons. The van der Waals surface area contributed by atoms with E-state index < -0.39 is 0 Å². The molecule has 3 rings (SSSR count).